The first-order valence-corrected chi connectivity index (χ1v) is 13.1. The fourth-order valence-electron chi connectivity index (χ4n) is 4.12. The van der Waals surface area contributed by atoms with Gasteiger partial charge in [-0.25, -0.2) is 12.8 Å². The molecule has 0 radical (unpaired) electrons. The van der Waals surface area contributed by atoms with Crippen LogP contribution in [-0.4, -0.2) is 29.5 Å². The number of pyridine rings is 1. The monoisotopic (exact) mass is 500 g/mol. The summed E-state index contributed by atoms with van der Waals surface area (Å²) in [5, 5.41) is -0.360. The summed E-state index contributed by atoms with van der Waals surface area (Å²) >= 11 is 6.09. The molecule has 8 heteroatoms. The Morgan fingerprint density at radius 3 is 2.35 bits per heavy atom. The van der Waals surface area contributed by atoms with E-state index in [0.29, 0.717) is 5.02 Å². The molecule has 2 atom stereocenters. The van der Waals surface area contributed by atoms with E-state index in [0.717, 1.165) is 36.2 Å². The fourth-order valence-corrected chi connectivity index (χ4v) is 5.58. The third-order valence-corrected chi connectivity index (χ3v) is 8.54. The molecule has 34 heavy (non-hydrogen) atoms. The molecule has 3 aromatic rings. The second kappa shape index (κ2) is 10.2. The van der Waals surface area contributed by atoms with Crippen molar-refractivity contribution < 1.29 is 17.6 Å². The number of amides is 1. The van der Waals surface area contributed by atoms with Gasteiger partial charge in [0.25, 0.3) is 0 Å². The van der Waals surface area contributed by atoms with E-state index in [4.69, 9.17) is 11.6 Å². The van der Waals surface area contributed by atoms with Crippen molar-refractivity contribution in [1.82, 2.24) is 9.88 Å². The largest absolute Gasteiger partial charge is 0.329 e. The van der Waals surface area contributed by atoms with Crippen LogP contribution in [0, 0.1) is 11.7 Å². The van der Waals surface area contributed by atoms with Crippen LogP contribution in [0.3, 0.4) is 0 Å². The molecule has 0 aliphatic heterocycles. The number of rotatable bonds is 9. The van der Waals surface area contributed by atoms with Gasteiger partial charge in [0.15, 0.2) is 9.84 Å². The van der Waals surface area contributed by atoms with Crippen LogP contribution in [0.15, 0.2) is 77.8 Å². The second-order valence-electron chi connectivity index (χ2n) is 8.69. The van der Waals surface area contributed by atoms with Crippen molar-refractivity contribution >= 4 is 27.3 Å². The SMILES string of the molecule is C[C@@H](CC(=O)N(Cc1ccccn1)C(c1ccc(Cl)cc1)C1CC1)S(=O)(=O)c1ccc(F)cc1. The van der Waals surface area contributed by atoms with Crippen LogP contribution in [0.5, 0.6) is 0 Å². The van der Waals surface area contributed by atoms with Gasteiger partial charge < -0.3 is 4.90 Å². The Labute approximate surface area is 204 Å². The first kappa shape index (κ1) is 24.4. The Morgan fingerprint density at radius 1 is 1.09 bits per heavy atom. The van der Waals surface area contributed by atoms with Gasteiger partial charge in [0.05, 0.1) is 28.4 Å². The lowest BCUT2D eigenvalue weighted by atomic mass is 9.99. The van der Waals surface area contributed by atoms with Gasteiger partial charge in [0.1, 0.15) is 5.82 Å². The van der Waals surface area contributed by atoms with Gasteiger partial charge in [-0.3, -0.25) is 9.78 Å². The molecular formula is C26H26ClFN2O3S. The summed E-state index contributed by atoms with van der Waals surface area (Å²) in [7, 11) is -3.80. The maximum Gasteiger partial charge on any atom is 0.224 e. The summed E-state index contributed by atoms with van der Waals surface area (Å²) in [6, 6.07) is 17.5. The minimum Gasteiger partial charge on any atom is -0.329 e. The van der Waals surface area contributed by atoms with Crippen molar-refractivity contribution in [3.8, 4) is 0 Å². The van der Waals surface area contributed by atoms with E-state index in [1.54, 1.807) is 23.2 Å². The Morgan fingerprint density at radius 2 is 1.76 bits per heavy atom. The predicted molar refractivity (Wildman–Crippen MR) is 129 cm³/mol. The van der Waals surface area contributed by atoms with E-state index < -0.39 is 20.9 Å². The maximum atomic E-state index is 13.7. The molecule has 1 aliphatic carbocycles. The number of aromatic nitrogens is 1. The van der Waals surface area contributed by atoms with Gasteiger partial charge in [-0.2, -0.15) is 0 Å². The molecule has 4 rings (SSSR count). The Kier molecular flexibility index (Phi) is 7.33. The van der Waals surface area contributed by atoms with Crippen LogP contribution < -0.4 is 0 Å². The Balaban J connectivity index is 1.63. The van der Waals surface area contributed by atoms with Crippen molar-refractivity contribution in [2.45, 2.75) is 48.9 Å². The lowest BCUT2D eigenvalue weighted by Crippen LogP contribution is -2.38. The van der Waals surface area contributed by atoms with Crippen LogP contribution >= 0.6 is 11.6 Å². The lowest BCUT2D eigenvalue weighted by molar-refractivity contribution is -0.135. The summed E-state index contributed by atoms with van der Waals surface area (Å²) in [4.78, 5) is 19.8. The first-order valence-electron chi connectivity index (χ1n) is 11.2. The normalized spacial score (nSPS) is 15.5. The third kappa shape index (κ3) is 5.65. The highest BCUT2D eigenvalue weighted by molar-refractivity contribution is 7.92. The molecule has 1 amide bonds. The molecule has 0 spiro atoms. The van der Waals surface area contributed by atoms with E-state index in [2.05, 4.69) is 4.98 Å². The standard InChI is InChI=1S/C26H26ClFN2O3S/c1-18(34(32,33)24-13-11-22(28)12-14-24)16-25(31)30(17-23-4-2-3-15-29-23)26(19-5-6-19)20-7-9-21(27)10-8-20/h2-4,7-15,18-19,26H,5-6,16-17H2,1H3/t18-,26?/m0/s1. The highest BCUT2D eigenvalue weighted by atomic mass is 35.5. The summed E-state index contributed by atoms with van der Waals surface area (Å²) in [6.45, 7) is 1.79. The van der Waals surface area contributed by atoms with Crippen LogP contribution in [0.1, 0.15) is 43.5 Å². The number of sulfone groups is 1. The number of benzene rings is 2. The molecule has 1 unspecified atom stereocenters. The van der Waals surface area contributed by atoms with E-state index in [1.165, 1.54) is 19.1 Å². The molecule has 0 bridgehead atoms. The van der Waals surface area contributed by atoms with Crippen molar-refractivity contribution in [2.24, 2.45) is 5.92 Å². The number of halogens is 2. The molecule has 1 fully saturated rings. The van der Waals surface area contributed by atoms with E-state index in [-0.39, 0.29) is 35.7 Å². The molecule has 0 saturated heterocycles. The van der Waals surface area contributed by atoms with Crippen molar-refractivity contribution in [3.63, 3.8) is 0 Å². The quantitative estimate of drug-likeness (QED) is 0.358. The topological polar surface area (TPSA) is 67.3 Å². The van der Waals surface area contributed by atoms with Crippen molar-refractivity contribution in [3.05, 3.63) is 95.0 Å². The minimum atomic E-state index is -3.80. The zero-order valence-corrected chi connectivity index (χ0v) is 20.3. The molecule has 2 aromatic carbocycles. The van der Waals surface area contributed by atoms with Crippen LogP contribution in [-0.2, 0) is 21.2 Å². The first-order chi connectivity index (χ1) is 16.3. The fraction of sp³-hybridized carbons (Fsp3) is 0.308. The van der Waals surface area contributed by atoms with Crippen LogP contribution in [0.25, 0.3) is 0 Å². The van der Waals surface area contributed by atoms with E-state index in [1.807, 2.05) is 30.3 Å². The molecule has 1 aliphatic rings. The Bertz CT molecular complexity index is 1230. The molecule has 5 nitrogen and oxygen atoms in total. The average molecular weight is 501 g/mol. The van der Waals surface area contributed by atoms with Gasteiger partial charge in [0.2, 0.25) is 5.91 Å². The maximum absolute atomic E-state index is 13.7. The lowest BCUT2D eigenvalue weighted by Gasteiger charge is -2.33. The molecule has 0 N–H and O–H groups in total. The molecule has 1 heterocycles. The summed E-state index contributed by atoms with van der Waals surface area (Å²) < 4.78 is 39.4. The van der Waals surface area contributed by atoms with Gasteiger partial charge in [-0.15, -0.1) is 0 Å². The van der Waals surface area contributed by atoms with Crippen LogP contribution in [0.4, 0.5) is 4.39 Å². The number of nitrogens with zero attached hydrogens (tertiary/aromatic N) is 2. The zero-order valence-electron chi connectivity index (χ0n) is 18.8. The van der Waals surface area contributed by atoms with Crippen LogP contribution in [0.2, 0.25) is 5.02 Å². The van der Waals surface area contributed by atoms with Crippen molar-refractivity contribution in [2.75, 3.05) is 0 Å². The molecule has 178 valence electrons. The van der Waals surface area contributed by atoms with Crippen molar-refractivity contribution in [1.29, 1.82) is 0 Å². The average Bonchev–Trinajstić information content (AvgIpc) is 3.66. The predicted octanol–water partition coefficient (Wildman–Crippen LogP) is 5.61. The molecular weight excluding hydrogens is 475 g/mol. The highest BCUT2D eigenvalue weighted by Crippen LogP contribution is 2.45. The number of hydrogen-bond donors (Lipinski definition) is 0. The smallest absolute Gasteiger partial charge is 0.224 e. The minimum absolute atomic E-state index is 0.00178. The number of carbonyl (C=O) groups excluding carboxylic acids is 1. The zero-order chi connectivity index (χ0) is 24.3. The van der Waals surface area contributed by atoms with E-state index in [9.17, 15) is 17.6 Å². The van der Waals surface area contributed by atoms with Gasteiger partial charge >= 0.3 is 0 Å². The second-order valence-corrected chi connectivity index (χ2v) is 11.5. The van der Waals surface area contributed by atoms with Gasteiger partial charge in [-0.1, -0.05) is 29.8 Å². The van der Waals surface area contributed by atoms with Gasteiger partial charge in [-0.05, 0) is 79.8 Å². The summed E-state index contributed by atoms with van der Waals surface area (Å²) in [5.74, 6) is -0.493. The van der Waals surface area contributed by atoms with Gasteiger partial charge in [0, 0.05) is 17.6 Å². The Hall–Kier alpha value is -2.77. The molecule has 1 aromatic heterocycles. The van der Waals surface area contributed by atoms with E-state index >= 15 is 0 Å². The molecule has 1 saturated carbocycles. The third-order valence-electron chi connectivity index (χ3n) is 6.13. The number of carbonyl (C=O) groups is 1. The summed E-state index contributed by atoms with van der Waals surface area (Å²) in [6.07, 6.45) is 3.46. The number of hydrogen-bond acceptors (Lipinski definition) is 4. The highest BCUT2D eigenvalue weighted by Gasteiger charge is 2.39. The summed E-state index contributed by atoms with van der Waals surface area (Å²) in [5.41, 5.74) is 1.69.